The molecule has 1 fully saturated rings. The van der Waals surface area contributed by atoms with Crippen LogP contribution < -0.4 is 4.72 Å². The summed E-state index contributed by atoms with van der Waals surface area (Å²) >= 11 is 0. The third kappa shape index (κ3) is 6.76. The molecular weight excluding hydrogens is 338 g/mol. The van der Waals surface area contributed by atoms with Crippen molar-refractivity contribution in [1.82, 2.24) is 14.5 Å². The predicted molar refractivity (Wildman–Crippen MR) is 99.6 cm³/mol. The molecule has 0 aliphatic carbocycles. The molecule has 1 saturated heterocycles. The zero-order valence-electron chi connectivity index (χ0n) is 15.3. The molecule has 7 heteroatoms. The molecule has 2 rings (SSSR count). The molecule has 25 heavy (non-hydrogen) atoms. The molecule has 1 aliphatic heterocycles. The monoisotopic (exact) mass is 367 g/mol. The number of nitrogens with zero attached hydrogens (tertiary/aromatic N) is 2. The first-order valence-electron chi connectivity index (χ1n) is 8.77. The van der Waals surface area contributed by atoms with Crippen molar-refractivity contribution in [1.29, 1.82) is 0 Å². The minimum absolute atomic E-state index is 0.0214. The van der Waals surface area contributed by atoms with E-state index in [-0.39, 0.29) is 18.0 Å². The van der Waals surface area contributed by atoms with Crippen LogP contribution in [0.4, 0.5) is 0 Å². The molecule has 0 saturated carbocycles. The Morgan fingerprint density at radius 1 is 1.24 bits per heavy atom. The molecule has 1 aromatic carbocycles. The Balaban J connectivity index is 1.87. The van der Waals surface area contributed by atoms with Gasteiger partial charge in [0.15, 0.2) is 0 Å². The highest BCUT2D eigenvalue weighted by molar-refractivity contribution is 7.88. The fourth-order valence-corrected chi connectivity index (χ4v) is 3.97. The molecule has 0 unspecified atom stereocenters. The lowest BCUT2D eigenvalue weighted by Gasteiger charge is -2.34. The van der Waals surface area contributed by atoms with Crippen molar-refractivity contribution in [3.05, 3.63) is 35.9 Å². The van der Waals surface area contributed by atoms with Crippen LogP contribution in [0.3, 0.4) is 0 Å². The van der Waals surface area contributed by atoms with E-state index in [1.165, 1.54) is 6.26 Å². The Morgan fingerprint density at radius 3 is 2.36 bits per heavy atom. The lowest BCUT2D eigenvalue weighted by atomic mass is 10.1. The third-order valence-electron chi connectivity index (χ3n) is 4.47. The standard InChI is InChI=1S/C18H29N3O3S/c1-15(2)21(13-16-7-5-4-6-8-16)18(22)14-20-11-9-17(10-12-20)19-25(3,23)24/h4-8,15,17,19H,9-14H2,1-3H3. The van der Waals surface area contributed by atoms with Gasteiger partial charge in [-0.25, -0.2) is 13.1 Å². The number of carbonyl (C=O) groups is 1. The van der Waals surface area contributed by atoms with Crippen LogP contribution in [-0.2, 0) is 21.4 Å². The summed E-state index contributed by atoms with van der Waals surface area (Å²) in [5.74, 6) is 0.119. The molecule has 0 spiro atoms. The quantitative estimate of drug-likeness (QED) is 0.792. The molecule has 0 radical (unpaired) electrons. The highest BCUT2D eigenvalue weighted by Gasteiger charge is 2.25. The van der Waals surface area contributed by atoms with Gasteiger partial charge in [0.1, 0.15) is 0 Å². The van der Waals surface area contributed by atoms with Gasteiger partial charge >= 0.3 is 0 Å². The maximum atomic E-state index is 12.7. The summed E-state index contributed by atoms with van der Waals surface area (Å²) in [6.45, 7) is 6.53. The van der Waals surface area contributed by atoms with E-state index in [1.54, 1.807) is 0 Å². The topological polar surface area (TPSA) is 69.7 Å². The number of nitrogens with one attached hydrogen (secondary N) is 1. The smallest absolute Gasteiger partial charge is 0.237 e. The first-order chi connectivity index (χ1) is 11.7. The van der Waals surface area contributed by atoms with Gasteiger partial charge < -0.3 is 4.90 Å². The zero-order chi connectivity index (χ0) is 18.4. The van der Waals surface area contributed by atoms with Crippen LogP contribution in [-0.4, -0.2) is 62.1 Å². The molecule has 1 heterocycles. The van der Waals surface area contributed by atoms with Crippen molar-refractivity contribution < 1.29 is 13.2 Å². The lowest BCUT2D eigenvalue weighted by Crippen LogP contribution is -2.48. The van der Waals surface area contributed by atoms with E-state index in [9.17, 15) is 13.2 Å². The normalized spacial score (nSPS) is 17.0. The van der Waals surface area contributed by atoms with E-state index >= 15 is 0 Å². The summed E-state index contributed by atoms with van der Waals surface area (Å²) in [5, 5.41) is 0. The van der Waals surface area contributed by atoms with E-state index in [1.807, 2.05) is 49.1 Å². The number of amides is 1. The maximum absolute atomic E-state index is 12.7. The summed E-state index contributed by atoms with van der Waals surface area (Å²) in [7, 11) is -3.17. The van der Waals surface area contributed by atoms with Crippen LogP contribution in [0.25, 0.3) is 0 Å². The van der Waals surface area contributed by atoms with Crippen LogP contribution >= 0.6 is 0 Å². The minimum atomic E-state index is -3.17. The summed E-state index contributed by atoms with van der Waals surface area (Å²) in [5.41, 5.74) is 1.13. The molecule has 1 N–H and O–H groups in total. The average molecular weight is 368 g/mol. The molecular formula is C18H29N3O3S. The van der Waals surface area contributed by atoms with E-state index in [4.69, 9.17) is 0 Å². The summed E-state index contributed by atoms with van der Waals surface area (Å²) in [4.78, 5) is 16.8. The zero-order valence-corrected chi connectivity index (χ0v) is 16.1. The number of hydrogen-bond donors (Lipinski definition) is 1. The van der Waals surface area contributed by atoms with E-state index < -0.39 is 10.0 Å². The van der Waals surface area contributed by atoms with Crippen molar-refractivity contribution in [3.8, 4) is 0 Å². The Hall–Kier alpha value is -1.44. The second-order valence-corrected chi connectivity index (χ2v) is 8.82. The van der Waals surface area contributed by atoms with Crippen molar-refractivity contribution in [3.63, 3.8) is 0 Å². The fraction of sp³-hybridized carbons (Fsp3) is 0.611. The van der Waals surface area contributed by atoms with E-state index in [0.717, 1.165) is 31.5 Å². The SMILES string of the molecule is CC(C)N(Cc1ccccc1)C(=O)CN1CCC(NS(C)(=O)=O)CC1. The maximum Gasteiger partial charge on any atom is 0.237 e. The number of piperidine rings is 1. The van der Waals surface area contributed by atoms with Gasteiger partial charge in [-0.3, -0.25) is 9.69 Å². The van der Waals surface area contributed by atoms with Crippen molar-refractivity contribution >= 4 is 15.9 Å². The third-order valence-corrected chi connectivity index (χ3v) is 5.23. The number of sulfonamides is 1. The second-order valence-electron chi connectivity index (χ2n) is 7.04. The molecule has 1 aromatic rings. The Morgan fingerprint density at radius 2 is 1.84 bits per heavy atom. The van der Waals surface area contributed by atoms with Crippen LogP contribution in [0.15, 0.2) is 30.3 Å². The van der Waals surface area contributed by atoms with Gasteiger partial charge in [-0.05, 0) is 32.3 Å². The van der Waals surface area contributed by atoms with Crippen molar-refractivity contribution in [2.45, 2.75) is 45.3 Å². The first kappa shape index (κ1) is 19.9. The highest BCUT2D eigenvalue weighted by Crippen LogP contribution is 2.13. The Labute approximate surface area is 151 Å². The van der Waals surface area contributed by atoms with Crippen LogP contribution in [0, 0.1) is 0 Å². The van der Waals surface area contributed by atoms with Crippen molar-refractivity contribution in [2.24, 2.45) is 0 Å². The van der Waals surface area contributed by atoms with Gasteiger partial charge in [-0.15, -0.1) is 0 Å². The highest BCUT2D eigenvalue weighted by atomic mass is 32.2. The number of benzene rings is 1. The largest absolute Gasteiger partial charge is 0.335 e. The van der Waals surface area contributed by atoms with Crippen LogP contribution in [0.2, 0.25) is 0 Å². The predicted octanol–water partition coefficient (Wildman–Crippen LogP) is 1.44. The Kier molecular flexibility index (Phi) is 6.98. The van der Waals surface area contributed by atoms with Gasteiger partial charge in [0, 0.05) is 31.7 Å². The van der Waals surface area contributed by atoms with Crippen LogP contribution in [0.5, 0.6) is 0 Å². The molecule has 0 bridgehead atoms. The number of likely N-dealkylation sites (tertiary alicyclic amines) is 1. The van der Waals surface area contributed by atoms with Gasteiger partial charge in [-0.1, -0.05) is 30.3 Å². The Bertz CT molecular complexity index is 653. The molecule has 0 atom stereocenters. The lowest BCUT2D eigenvalue weighted by molar-refractivity contribution is -0.135. The van der Waals surface area contributed by atoms with Gasteiger partial charge in [0.05, 0.1) is 12.8 Å². The number of rotatable bonds is 7. The summed E-state index contributed by atoms with van der Waals surface area (Å²) < 4.78 is 25.3. The molecule has 0 aromatic heterocycles. The fourth-order valence-electron chi connectivity index (χ4n) is 3.13. The molecule has 1 amide bonds. The molecule has 6 nitrogen and oxygen atoms in total. The molecule has 140 valence electrons. The van der Waals surface area contributed by atoms with Crippen LogP contribution in [0.1, 0.15) is 32.3 Å². The van der Waals surface area contributed by atoms with E-state index in [0.29, 0.717) is 13.1 Å². The summed E-state index contributed by atoms with van der Waals surface area (Å²) in [6, 6.07) is 10.1. The summed E-state index contributed by atoms with van der Waals surface area (Å²) in [6.07, 6.45) is 2.66. The van der Waals surface area contributed by atoms with Gasteiger partial charge in [-0.2, -0.15) is 0 Å². The van der Waals surface area contributed by atoms with Crippen molar-refractivity contribution in [2.75, 3.05) is 25.9 Å². The minimum Gasteiger partial charge on any atom is -0.335 e. The molecule has 1 aliphatic rings. The average Bonchev–Trinajstić information content (AvgIpc) is 2.53. The van der Waals surface area contributed by atoms with Gasteiger partial charge in [0.2, 0.25) is 15.9 Å². The second kappa shape index (κ2) is 8.78. The van der Waals surface area contributed by atoms with E-state index in [2.05, 4.69) is 9.62 Å². The number of carbonyl (C=O) groups excluding carboxylic acids is 1. The number of hydrogen-bond acceptors (Lipinski definition) is 4. The van der Waals surface area contributed by atoms with Gasteiger partial charge in [0.25, 0.3) is 0 Å². The first-order valence-corrected chi connectivity index (χ1v) is 10.7.